The Balaban J connectivity index is 2.10. The number of carbonyl (C=O) groups excluding carboxylic acids is 1. The van der Waals surface area contributed by atoms with Crippen molar-refractivity contribution in [1.29, 1.82) is 0 Å². The van der Waals surface area contributed by atoms with Gasteiger partial charge in [0, 0.05) is 12.6 Å². The molecule has 1 aromatic heterocycles. The van der Waals surface area contributed by atoms with E-state index < -0.39 is 5.60 Å². The van der Waals surface area contributed by atoms with Gasteiger partial charge in [-0.1, -0.05) is 0 Å². The number of carbonyl (C=O) groups is 1. The average molecular weight is 252 g/mol. The predicted octanol–water partition coefficient (Wildman–Crippen LogP) is 2.06. The lowest BCUT2D eigenvalue weighted by molar-refractivity contribution is 0.0221. The first-order chi connectivity index (χ1) is 8.37. The zero-order valence-corrected chi connectivity index (χ0v) is 11.1. The van der Waals surface area contributed by atoms with Gasteiger partial charge in [0.2, 0.25) is 0 Å². The lowest BCUT2D eigenvalue weighted by atomic mass is 10.1. The number of nitrogens with zero attached hydrogens (tertiary/aromatic N) is 2. The summed E-state index contributed by atoms with van der Waals surface area (Å²) < 4.78 is 5.40. The molecule has 1 aliphatic rings. The van der Waals surface area contributed by atoms with Gasteiger partial charge in [-0.15, -0.1) is 0 Å². The number of anilines is 1. The monoisotopic (exact) mass is 252 g/mol. The number of aromatic nitrogens is 2. The van der Waals surface area contributed by atoms with Crippen molar-refractivity contribution in [2.75, 3.05) is 12.3 Å². The first kappa shape index (κ1) is 12.7. The van der Waals surface area contributed by atoms with Crippen molar-refractivity contribution in [3.8, 4) is 0 Å². The Hall–Kier alpha value is -1.72. The molecule has 3 N–H and O–H groups in total. The Labute approximate surface area is 106 Å². The molecule has 100 valence electrons. The Morgan fingerprint density at radius 1 is 1.61 bits per heavy atom. The van der Waals surface area contributed by atoms with Gasteiger partial charge in [0.25, 0.3) is 0 Å². The van der Waals surface area contributed by atoms with Gasteiger partial charge in [0.1, 0.15) is 11.4 Å². The molecule has 1 saturated heterocycles. The van der Waals surface area contributed by atoms with E-state index >= 15 is 0 Å². The maximum absolute atomic E-state index is 12.1. The number of likely N-dealkylation sites (tertiary alicyclic amines) is 1. The third-order valence-electron chi connectivity index (χ3n) is 2.84. The second-order valence-electron chi connectivity index (χ2n) is 5.58. The van der Waals surface area contributed by atoms with Crippen LogP contribution in [0.1, 0.15) is 45.3 Å². The van der Waals surface area contributed by atoms with Crippen molar-refractivity contribution in [2.45, 2.75) is 45.3 Å². The third-order valence-corrected chi connectivity index (χ3v) is 2.84. The van der Waals surface area contributed by atoms with Crippen LogP contribution >= 0.6 is 0 Å². The lowest BCUT2D eigenvalue weighted by Crippen LogP contribution is -2.36. The standard InChI is InChI=1S/C12H20N4O2/c1-12(2,3)18-11(17)16-6-4-5-9(16)8-7-10(13)15-14-8/h7,9H,4-6H2,1-3H3,(H3,13,14,15). The van der Waals surface area contributed by atoms with Gasteiger partial charge >= 0.3 is 6.09 Å². The molecule has 1 aromatic rings. The number of nitrogen functional groups attached to an aromatic ring is 1. The topological polar surface area (TPSA) is 84.2 Å². The number of nitrogens with two attached hydrogens (primary N) is 1. The number of rotatable bonds is 1. The molecule has 2 rings (SSSR count). The fourth-order valence-electron chi connectivity index (χ4n) is 2.14. The Morgan fingerprint density at radius 3 is 2.89 bits per heavy atom. The first-order valence-electron chi connectivity index (χ1n) is 6.17. The van der Waals surface area contributed by atoms with Gasteiger partial charge < -0.3 is 10.5 Å². The van der Waals surface area contributed by atoms with Crippen LogP contribution < -0.4 is 5.73 Å². The van der Waals surface area contributed by atoms with Gasteiger partial charge in [-0.2, -0.15) is 5.10 Å². The van der Waals surface area contributed by atoms with Crippen molar-refractivity contribution >= 4 is 11.9 Å². The van der Waals surface area contributed by atoms with Crippen molar-refractivity contribution in [2.24, 2.45) is 0 Å². The van der Waals surface area contributed by atoms with Crippen LogP contribution in [0.15, 0.2) is 6.07 Å². The van der Waals surface area contributed by atoms with Gasteiger partial charge in [-0.3, -0.25) is 10.00 Å². The summed E-state index contributed by atoms with van der Waals surface area (Å²) in [5.74, 6) is 0.515. The summed E-state index contributed by atoms with van der Waals surface area (Å²) in [6.45, 7) is 6.29. The van der Waals surface area contributed by atoms with E-state index in [2.05, 4.69) is 10.2 Å². The van der Waals surface area contributed by atoms with Crippen LogP contribution in [0, 0.1) is 0 Å². The number of nitrogens with one attached hydrogen (secondary N) is 1. The van der Waals surface area contributed by atoms with E-state index in [9.17, 15) is 4.79 Å². The zero-order valence-electron chi connectivity index (χ0n) is 11.1. The molecule has 1 atom stereocenters. The Morgan fingerprint density at radius 2 is 2.33 bits per heavy atom. The normalized spacial score (nSPS) is 20.2. The molecular weight excluding hydrogens is 232 g/mol. The maximum Gasteiger partial charge on any atom is 0.410 e. The fraction of sp³-hybridized carbons (Fsp3) is 0.667. The second kappa shape index (κ2) is 4.51. The Bertz CT molecular complexity index is 436. The smallest absolute Gasteiger partial charge is 0.410 e. The first-order valence-corrected chi connectivity index (χ1v) is 6.17. The van der Waals surface area contributed by atoms with Crippen molar-refractivity contribution in [1.82, 2.24) is 15.1 Å². The summed E-state index contributed by atoms with van der Waals surface area (Å²) in [4.78, 5) is 13.8. The number of hydrogen-bond donors (Lipinski definition) is 2. The van der Waals surface area contributed by atoms with Crippen LogP contribution in [0.5, 0.6) is 0 Å². The molecule has 1 amide bonds. The van der Waals surface area contributed by atoms with E-state index in [1.54, 1.807) is 11.0 Å². The number of hydrogen-bond acceptors (Lipinski definition) is 4. The molecule has 6 heteroatoms. The van der Waals surface area contributed by atoms with E-state index in [0.29, 0.717) is 12.4 Å². The van der Waals surface area contributed by atoms with Gasteiger partial charge in [0.05, 0.1) is 11.7 Å². The van der Waals surface area contributed by atoms with Gasteiger partial charge in [-0.25, -0.2) is 4.79 Å². The molecule has 1 aliphatic heterocycles. The summed E-state index contributed by atoms with van der Waals surface area (Å²) in [7, 11) is 0. The molecule has 0 saturated carbocycles. The van der Waals surface area contributed by atoms with Gasteiger partial charge in [0.15, 0.2) is 0 Å². The van der Waals surface area contributed by atoms with Crippen LogP contribution in [-0.2, 0) is 4.74 Å². The summed E-state index contributed by atoms with van der Waals surface area (Å²) in [5.41, 5.74) is 5.94. The minimum Gasteiger partial charge on any atom is -0.444 e. The summed E-state index contributed by atoms with van der Waals surface area (Å²) in [6.07, 6.45) is 1.56. The molecule has 0 aliphatic carbocycles. The maximum atomic E-state index is 12.1. The van der Waals surface area contributed by atoms with Crippen LogP contribution in [-0.4, -0.2) is 33.3 Å². The second-order valence-corrected chi connectivity index (χ2v) is 5.58. The highest BCUT2D eigenvalue weighted by Gasteiger charge is 2.34. The molecule has 6 nitrogen and oxygen atoms in total. The minimum atomic E-state index is -0.477. The predicted molar refractivity (Wildman–Crippen MR) is 67.9 cm³/mol. The van der Waals surface area contributed by atoms with E-state index in [1.165, 1.54) is 0 Å². The molecule has 0 spiro atoms. The molecule has 2 heterocycles. The number of aromatic amines is 1. The number of amides is 1. The molecule has 0 aromatic carbocycles. The average Bonchev–Trinajstić information content (AvgIpc) is 2.81. The molecule has 0 radical (unpaired) electrons. The van der Waals surface area contributed by atoms with Crippen LogP contribution in [0.2, 0.25) is 0 Å². The quantitative estimate of drug-likeness (QED) is 0.801. The van der Waals surface area contributed by atoms with Crippen LogP contribution in [0.3, 0.4) is 0 Å². The van der Waals surface area contributed by atoms with E-state index in [4.69, 9.17) is 10.5 Å². The van der Waals surface area contributed by atoms with Crippen LogP contribution in [0.4, 0.5) is 10.6 Å². The van der Waals surface area contributed by atoms with Crippen molar-refractivity contribution in [3.63, 3.8) is 0 Å². The summed E-state index contributed by atoms with van der Waals surface area (Å²) >= 11 is 0. The summed E-state index contributed by atoms with van der Waals surface area (Å²) in [5, 5.41) is 6.83. The molecule has 18 heavy (non-hydrogen) atoms. The molecule has 0 bridgehead atoms. The summed E-state index contributed by atoms with van der Waals surface area (Å²) in [6, 6.07) is 1.74. The number of H-pyrrole nitrogens is 1. The highest BCUT2D eigenvalue weighted by molar-refractivity contribution is 5.69. The van der Waals surface area contributed by atoms with Gasteiger partial charge in [-0.05, 0) is 33.6 Å². The van der Waals surface area contributed by atoms with E-state index in [0.717, 1.165) is 18.5 Å². The highest BCUT2D eigenvalue weighted by atomic mass is 16.6. The minimum absolute atomic E-state index is 0.0339. The van der Waals surface area contributed by atoms with Crippen molar-refractivity contribution in [3.05, 3.63) is 11.8 Å². The SMILES string of the molecule is CC(C)(C)OC(=O)N1CCCC1c1cc(N)[nH]n1. The van der Waals surface area contributed by atoms with Crippen molar-refractivity contribution < 1.29 is 9.53 Å². The van der Waals surface area contributed by atoms with E-state index in [1.807, 2.05) is 20.8 Å². The number of ether oxygens (including phenoxy) is 1. The Kier molecular flexibility index (Phi) is 3.19. The fourth-order valence-corrected chi connectivity index (χ4v) is 2.14. The highest BCUT2D eigenvalue weighted by Crippen LogP contribution is 2.32. The van der Waals surface area contributed by atoms with E-state index in [-0.39, 0.29) is 12.1 Å². The van der Waals surface area contributed by atoms with Crippen LogP contribution in [0.25, 0.3) is 0 Å². The molecular formula is C12H20N4O2. The molecule has 1 fully saturated rings. The lowest BCUT2D eigenvalue weighted by Gasteiger charge is -2.27. The third kappa shape index (κ3) is 2.75. The largest absolute Gasteiger partial charge is 0.444 e. The molecule has 1 unspecified atom stereocenters. The zero-order chi connectivity index (χ0) is 13.3.